The summed E-state index contributed by atoms with van der Waals surface area (Å²) < 4.78 is 33.9. The van der Waals surface area contributed by atoms with E-state index in [1.807, 2.05) is 6.92 Å². The Morgan fingerprint density at radius 2 is 1.77 bits per heavy atom. The highest BCUT2D eigenvalue weighted by molar-refractivity contribution is 7.89. The molecule has 1 aliphatic rings. The second-order valence-corrected chi connectivity index (χ2v) is 9.71. The summed E-state index contributed by atoms with van der Waals surface area (Å²) in [6.45, 7) is 2.38. The van der Waals surface area contributed by atoms with Crippen molar-refractivity contribution in [2.24, 2.45) is 5.92 Å². The monoisotopic (exact) mass is 440 g/mol. The van der Waals surface area contributed by atoms with Gasteiger partial charge in [-0.15, -0.1) is 0 Å². The normalized spacial score (nSPS) is 17.5. The Hall–Kier alpha value is -2.97. The third-order valence-corrected chi connectivity index (χ3v) is 7.63. The van der Waals surface area contributed by atoms with Crippen LogP contribution < -0.4 is 0 Å². The Morgan fingerprint density at radius 1 is 1.06 bits per heavy atom. The summed E-state index contributed by atoms with van der Waals surface area (Å²) in [6, 6.07) is 13.8. The number of fused-ring (bicyclic) bond motifs is 1. The number of esters is 1. The van der Waals surface area contributed by atoms with Crippen LogP contribution in [0.25, 0.3) is 10.9 Å². The molecule has 31 heavy (non-hydrogen) atoms. The van der Waals surface area contributed by atoms with Crippen molar-refractivity contribution in [3.05, 3.63) is 65.9 Å². The van der Waals surface area contributed by atoms with E-state index in [2.05, 4.69) is 0 Å². The Bertz CT molecular complexity index is 1240. The first-order valence-electron chi connectivity index (χ1n) is 10.1. The molecule has 1 atom stereocenters. The molecule has 0 saturated carbocycles. The number of carbonyl (C=O) groups excluding carboxylic acids is 2. The lowest BCUT2D eigenvalue weighted by Gasteiger charge is -2.31. The number of hydrogen-bond acceptors (Lipinski definition) is 5. The van der Waals surface area contributed by atoms with Gasteiger partial charge < -0.3 is 4.74 Å². The van der Waals surface area contributed by atoms with Gasteiger partial charge in [0, 0.05) is 24.7 Å². The van der Waals surface area contributed by atoms with Crippen molar-refractivity contribution in [2.75, 3.05) is 20.2 Å². The van der Waals surface area contributed by atoms with E-state index in [1.165, 1.54) is 22.2 Å². The molecule has 8 heteroatoms. The van der Waals surface area contributed by atoms with E-state index in [4.69, 9.17) is 4.74 Å². The Morgan fingerprint density at radius 3 is 2.48 bits per heavy atom. The van der Waals surface area contributed by atoms with E-state index in [9.17, 15) is 18.0 Å². The second kappa shape index (κ2) is 8.28. The number of methoxy groups -OCH3 is 1. The van der Waals surface area contributed by atoms with Crippen LogP contribution in [0.1, 0.15) is 33.6 Å². The lowest BCUT2D eigenvalue weighted by atomic mass is 9.98. The molecule has 1 aliphatic heterocycles. The zero-order valence-corrected chi connectivity index (χ0v) is 18.3. The van der Waals surface area contributed by atoms with E-state index in [0.717, 1.165) is 5.56 Å². The van der Waals surface area contributed by atoms with Gasteiger partial charge in [-0.3, -0.25) is 9.36 Å². The molecule has 0 radical (unpaired) electrons. The van der Waals surface area contributed by atoms with Crippen molar-refractivity contribution >= 4 is 32.8 Å². The van der Waals surface area contributed by atoms with Crippen molar-refractivity contribution in [2.45, 2.75) is 24.7 Å². The summed E-state index contributed by atoms with van der Waals surface area (Å²) in [6.07, 6.45) is 2.66. The van der Waals surface area contributed by atoms with Gasteiger partial charge in [0.25, 0.3) is 0 Å². The molecule has 2 aromatic carbocycles. The molecule has 4 rings (SSSR count). The topological polar surface area (TPSA) is 85.7 Å². The molecule has 0 aliphatic carbocycles. The fourth-order valence-corrected chi connectivity index (χ4v) is 5.58. The van der Waals surface area contributed by atoms with Crippen LogP contribution in [0.3, 0.4) is 0 Å². The first-order valence-corrected chi connectivity index (χ1v) is 11.6. The largest absolute Gasteiger partial charge is 0.465 e. The molecule has 0 spiro atoms. The predicted molar refractivity (Wildman–Crippen MR) is 117 cm³/mol. The van der Waals surface area contributed by atoms with E-state index in [-0.39, 0.29) is 17.3 Å². The second-order valence-electron chi connectivity index (χ2n) is 7.78. The van der Waals surface area contributed by atoms with Crippen LogP contribution in [0.15, 0.2) is 59.6 Å². The molecule has 1 fully saturated rings. The molecule has 162 valence electrons. The molecule has 1 unspecified atom stereocenters. The molecule has 2 heterocycles. The number of rotatable bonds is 4. The van der Waals surface area contributed by atoms with Gasteiger partial charge in [-0.1, -0.05) is 35.9 Å². The van der Waals surface area contributed by atoms with Crippen molar-refractivity contribution in [3.8, 4) is 0 Å². The lowest BCUT2D eigenvalue weighted by molar-refractivity contribution is 0.0603. The fraction of sp³-hybridized carbons (Fsp3) is 0.304. The van der Waals surface area contributed by atoms with Crippen molar-refractivity contribution in [1.29, 1.82) is 0 Å². The SMILES string of the molecule is COC(=O)c1cn(C(=O)C2CCCN(S(=O)(=O)c3ccc(C)cc3)C2)c2ccccc12. The maximum atomic E-state index is 13.4. The van der Waals surface area contributed by atoms with Gasteiger partial charge in [-0.2, -0.15) is 4.31 Å². The molecule has 0 bridgehead atoms. The van der Waals surface area contributed by atoms with Crippen LogP contribution in [0.2, 0.25) is 0 Å². The van der Waals surface area contributed by atoms with E-state index in [1.54, 1.807) is 48.5 Å². The Kier molecular flexibility index (Phi) is 5.68. The number of hydrogen-bond donors (Lipinski definition) is 0. The summed E-state index contributed by atoms with van der Waals surface area (Å²) in [7, 11) is -2.39. The maximum absolute atomic E-state index is 13.4. The minimum Gasteiger partial charge on any atom is -0.465 e. The summed E-state index contributed by atoms with van der Waals surface area (Å²) in [4.78, 5) is 25.8. The van der Waals surface area contributed by atoms with Gasteiger partial charge in [0.2, 0.25) is 15.9 Å². The molecule has 7 nitrogen and oxygen atoms in total. The van der Waals surface area contributed by atoms with Crippen LogP contribution >= 0.6 is 0 Å². The number of aromatic nitrogens is 1. The van der Waals surface area contributed by atoms with Gasteiger partial charge in [-0.05, 0) is 38.0 Å². The number of benzene rings is 2. The van der Waals surface area contributed by atoms with Crippen LogP contribution in [-0.2, 0) is 14.8 Å². The summed E-state index contributed by atoms with van der Waals surface area (Å²) in [5.41, 5.74) is 1.89. The molecule has 0 amide bonds. The average Bonchev–Trinajstić information content (AvgIpc) is 3.18. The van der Waals surface area contributed by atoms with E-state index < -0.39 is 21.9 Å². The number of piperidine rings is 1. The third-order valence-electron chi connectivity index (χ3n) is 5.75. The van der Waals surface area contributed by atoms with Crippen molar-refractivity contribution in [3.63, 3.8) is 0 Å². The average molecular weight is 441 g/mol. The number of nitrogens with zero attached hydrogens (tertiary/aromatic N) is 2. The van der Waals surface area contributed by atoms with E-state index in [0.29, 0.717) is 35.9 Å². The number of sulfonamides is 1. The van der Waals surface area contributed by atoms with Crippen molar-refractivity contribution in [1.82, 2.24) is 8.87 Å². The van der Waals surface area contributed by atoms with Gasteiger partial charge in [0.15, 0.2) is 0 Å². The number of aryl methyl sites for hydroxylation is 1. The van der Waals surface area contributed by atoms with Crippen LogP contribution in [0.4, 0.5) is 0 Å². The minimum absolute atomic E-state index is 0.106. The molecule has 0 N–H and O–H groups in total. The highest BCUT2D eigenvalue weighted by atomic mass is 32.2. The zero-order valence-electron chi connectivity index (χ0n) is 17.4. The first kappa shape index (κ1) is 21.3. The molecule has 1 saturated heterocycles. The zero-order chi connectivity index (χ0) is 22.2. The molecule has 1 aromatic heterocycles. The predicted octanol–water partition coefficient (Wildman–Crippen LogP) is 3.48. The molecular formula is C23H24N2O5S. The maximum Gasteiger partial charge on any atom is 0.340 e. The fourth-order valence-electron chi connectivity index (χ4n) is 4.05. The quantitative estimate of drug-likeness (QED) is 0.580. The molecular weight excluding hydrogens is 416 g/mol. The number of carbonyl (C=O) groups is 2. The molecule has 3 aromatic rings. The van der Waals surface area contributed by atoms with Gasteiger partial charge in [0.05, 0.1) is 29.0 Å². The summed E-state index contributed by atoms with van der Waals surface area (Å²) >= 11 is 0. The standard InChI is InChI=1S/C23H24N2O5S/c1-16-9-11-18(12-10-16)31(28,29)24-13-5-6-17(14-24)22(26)25-15-20(23(27)30-2)19-7-3-4-8-21(19)25/h3-4,7-12,15,17H,5-6,13-14H2,1-2H3. The van der Waals surface area contributed by atoms with Crippen molar-refractivity contribution < 1.29 is 22.7 Å². The van der Waals surface area contributed by atoms with Crippen LogP contribution in [-0.4, -0.2) is 49.4 Å². The highest BCUT2D eigenvalue weighted by Gasteiger charge is 2.34. The van der Waals surface area contributed by atoms with E-state index >= 15 is 0 Å². The summed E-state index contributed by atoms with van der Waals surface area (Å²) in [5.74, 6) is -1.25. The van der Waals surface area contributed by atoms with Gasteiger partial charge >= 0.3 is 5.97 Å². The Balaban J connectivity index is 1.64. The minimum atomic E-state index is -3.68. The van der Waals surface area contributed by atoms with Gasteiger partial charge in [0.1, 0.15) is 0 Å². The number of ether oxygens (including phenoxy) is 1. The third kappa shape index (κ3) is 3.88. The van der Waals surface area contributed by atoms with Crippen LogP contribution in [0.5, 0.6) is 0 Å². The van der Waals surface area contributed by atoms with Crippen LogP contribution in [0, 0.1) is 12.8 Å². The first-order chi connectivity index (χ1) is 14.8. The number of para-hydroxylation sites is 1. The highest BCUT2D eigenvalue weighted by Crippen LogP contribution is 2.28. The van der Waals surface area contributed by atoms with Gasteiger partial charge in [-0.25, -0.2) is 13.2 Å². The lowest BCUT2D eigenvalue weighted by Crippen LogP contribution is -2.43. The smallest absolute Gasteiger partial charge is 0.340 e. The Labute approximate surface area is 181 Å². The summed E-state index contributed by atoms with van der Waals surface area (Å²) in [5, 5.41) is 0.627.